The van der Waals surface area contributed by atoms with Crippen molar-refractivity contribution in [1.29, 1.82) is 0 Å². The summed E-state index contributed by atoms with van der Waals surface area (Å²) in [4.78, 5) is 21.9. The molecule has 0 amide bonds. The van der Waals surface area contributed by atoms with Crippen LogP contribution in [0.3, 0.4) is 0 Å². The van der Waals surface area contributed by atoms with Gasteiger partial charge in [-0.3, -0.25) is 9.59 Å². The molecule has 0 saturated heterocycles. The third kappa shape index (κ3) is 4.37. The molecule has 0 saturated carbocycles. The first-order valence-electron chi connectivity index (χ1n) is 6.51. The average Bonchev–Trinajstić information content (AvgIpc) is 2.37. The molecule has 1 aromatic rings. The van der Waals surface area contributed by atoms with Crippen LogP contribution in [0.1, 0.15) is 37.6 Å². The SMILES string of the molecule is CC(=O)c1ccc(S(=O)(=O)N(CCC(=O)O)C(C)C)cc1. The molecule has 0 spiro atoms. The number of rotatable bonds is 7. The maximum absolute atomic E-state index is 12.5. The third-order valence-corrected chi connectivity index (χ3v) is 5.08. The zero-order chi connectivity index (χ0) is 16.2. The molecule has 7 heteroatoms. The van der Waals surface area contributed by atoms with Crippen molar-refractivity contribution in [1.82, 2.24) is 4.31 Å². The molecular formula is C14H19NO5S. The highest BCUT2D eigenvalue weighted by atomic mass is 32.2. The summed E-state index contributed by atoms with van der Waals surface area (Å²) in [6, 6.07) is 5.27. The summed E-state index contributed by atoms with van der Waals surface area (Å²) in [5.41, 5.74) is 0.426. The number of hydrogen-bond donors (Lipinski definition) is 1. The molecule has 0 aliphatic rings. The van der Waals surface area contributed by atoms with Crippen LogP contribution in [0.25, 0.3) is 0 Å². The van der Waals surface area contributed by atoms with Gasteiger partial charge in [-0.15, -0.1) is 0 Å². The lowest BCUT2D eigenvalue weighted by Crippen LogP contribution is -2.38. The Balaban J connectivity index is 3.10. The van der Waals surface area contributed by atoms with Crippen LogP contribution in [0, 0.1) is 0 Å². The lowest BCUT2D eigenvalue weighted by molar-refractivity contribution is -0.137. The molecule has 0 heterocycles. The van der Waals surface area contributed by atoms with Gasteiger partial charge >= 0.3 is 5.97 Å². The van der Waals surface area contributed by atoms with E-state index in [1.807, 2.05) is 0 Å². The first-order chi connectivity index (χ1) is 9.66. The highest BCUT2D eigenvalue weighted by Crippen LogP contribution is 2.19. The molecule has 0 unspecified atom stereocenters. The van der Waals surface area contributed by atoms with E-state index in [0.29, 0.717) is 5.56 Å². The van der Waals surface area contributed by atoms with E-state index in [4.69, 9.17) is 5.11 Å². The average molecular weight is 313 g/mol. The number of carbonyl (C=O) groups excluding carboxylic acids is 1. The van der Waals surface area contributed by atoms with Gasteiger partial charge in [0.2, 0.25) is 10.0 Å². The molecule has 6 nitrogen and oxygen atoms in total. The topological polar surface area (TPSA) is 91.8 Å². The molecule has 0 aromatic heterocycles. The molecular weight excluding hydrogens is 294 g/mol. The Kier molecular flexibility index (Phi) is 5.62. The number of carboxylic acids is 1. The number of sulfonamides is 1. The Labute approximate surface area is 124 Å². The number of aliphatic carboxylic acids is 1. The summed E-state index contributed by atoms with van der Waals surface area (Å²) in [6.45, 7) is 4.67. The van der Waals surface area contributed by atoms with Crippen molar-refractivity contribution in [2.45, 2.75) is 38.1 Å². The second-order valence-corrected chi connectivity index (χ2v) is 6.82. The Morgan fingerprint density at radius 2 is 1.71 bits per heavy atom. The van der Waals surface area contributed by atoms with Crippen molar-refractivity contribution in [2.24, 2.45) is 0 Å². The predicted molar refractivity (Wildman–Crippen MR) is 77.7 cm³/mol. The number of hydrogen-bond acceptors (Lipinski definition) is 4. The Morgan fingerprint density at radius 3 is 2.10 bits per heavy atom. The minimum absolute atomic E-state index is 0.0478. The number of carbonyl (C=O) groups is 2. The summed E-state index contributed by atoms with van der Waals surface area (Å²) in [5, 5.41) is 8.72. The van der Waals surface area contributed by atoms with Gasteiger partial charge in [-0.25, -0.2) is 8.42 Å². The fourth-order valence-corrected chi connectivity index (χ4v) is 3.50. The fraction of sp³-hybridized carbons (Fsp3) is 0.429. The minimum atomic E-state index is -3.78. The van der Waals surface area contributed by atoms with Gasteiger partial charge in [-0.1, -0.05) is 12.1 Å². The number of nitrogens with zero attached hydrogens (tertiary/aromatic N) is 1. The lowest BCUT2D eigenvalue weighted by atomic mass is 10.2. The maximum atomic E-state index is 12.5. The van der Waals surface area contributed by atoms with Crippen LogP contribution >= 0.6 is 0 Å². The van der Waals surface area contributed by atoms with Crippen LogP contribution in [0.4, 0.5) is 0 Å². The van der Waals surface area contributed by atoms with Gasteiger partial charge in [0, 0.05) is 18.2 Å². The molecule has 0 radical (unpaired) electrons. The van der Waals surface area contributed by atoms with Gasteiger partial charge in [0.05, 0.1) is 11.3 Å². The molecule has 1 N–H and O–H groups in total. The monoisotopic (exact) mass is 313 g/mol. The van der Waals surface area contributed by atoms with Crippen molar-refractivity contribution < 1.29 is 23.1 Å². The second kappa shape index (κ2) is 6.82. The third-order valence-electron chi connectivity index (χ3n) is 2.99. The van der Waals surface area contributed by atoms with E-state index in [-0.39, 0.29) is 29.7 Å². The predicted octanol–water partition coefficient (Wildman–Crippen LogP) is 1.76. The largest absolute Gasteiger partial charge is 0.481 e. The number of benzene rings is 1. The van der Waals surface area contributed by atoms with E-state index < -0.39 is 16.0 Å². The molecule has 1 rings (SSSR count). The summed E-state index contributed by atoms with van der Waals surface area (Å²) in [6.07, 6.45) is -0.261. The quantitative estimate of drug-likeness (QED) is 0.774. The van der Waals surface area contributed by atoms with Crippen LogP contribution in [0.2, 0.25) is 0 Å². The zero-order valence-corrected chi connectivity index (χ0v) is 13.1. The van der Waals surface area contributed by atoms with Crippen molar-refractivity contribution in [3.8, 4) is 0 Å². The van der Waals surface area contributed by atoms with Crippen LogP contribution in [-0.2, 0) is 14.8 Å². The molecule has 1 aromatic carbocycles. The van der Waals surface area contributed by atoms with E-state index in [1.165, 1.54) is 31.2 Å². The molecule has 0 atom stereocenters. The Bertz CT molecular complexity index is 619. The Morgan fingerprint density at radius 1 is 1.19 bits per heavy atom. The minimum Gasteiger partial charge on any atom is -0.481 e. The van der Waals surface area contributed by atoms with Gasteiger partial charge < -0.3 is 5.11 Å². The van der Waals surface area contributed by atoms with Crippen LogP contribution in [-0.4, -0.2) is 42.2 Å². The molecule has 0 aliphatic heterocycles. The van der Waals surface area contributed by atoms with E-state index in [9.17, 15) is 18.0 Å². The number of Topliss-reactive ketones (excluding diaryl/α,β-unsaturated/α-hetero) is 1. The molecule has 0 aliphatic carbocycles. The summed E-state index contributed by atoms with van der Waals surface area (Å²) >= 11 is 0. The van der Waals surface area contributed by atoms with Crippen LogP contribution in [0.15, 0.2) is 29.2 Å². The van der Waals surface area contributed by atoms with Gasteiger partial charge in [0.15, 0.2) is 5.78 Å². The normalized spacial score (nSPS) is 11.9. The van der Waals surface area contributed by atoms with Crippen molar-refractivity contribution in [3.05, 3.63) is 29.8 Å². The zero-order valence-electron chi connectivity index (χ0n) is 12.2. The second-order valence-electron chi connectivity index (χ2n) is 4.93. The standard InChI is InChI=1S/C14H19NO5S/c1-10(2)15(9-8-14(17)18)21(19,20)13-6-4-12(5-7-13)11(3)16/h4-7,10H,8-9H2,1-3H3,(H,17,18). The fourth-order valence-electron chi connectivity index (χ4n) is 1.86. The van der Waals surface area contributed by atoms with E-state index in [1.54, 1.807) is 13.8 Å². The summed E-state index contributed by atoms with van der Waals surface area (Å²) in [5.74, 6) is -1.20. The van der Waals surface area contributed by atoms with Crippen LogP contribution in [0.5, 0.6) is 0 Å². The summed E-state index contributed by atoms with van der Waals surface area (Å²) in [7, 11) is -3.78. The molecule has 21 heavy (non-hydrogen) atoms. The highest BCUT2D eigenvalue weighted by molar-refractivity contribution is 7.89. The number of ketones is 1. The first-order valence-corrected chi connectivity index (χ1v) is 7.95. The Hall–Kier alpha value is -1.73. The molecule has 0 bridgehead atoms. The van der Waals surface area contributed by atoms with E-state index in [2.05, 4.69) is 0 Å². The molecule has 0 fully saturated rings. The van der Waals surface area contributed by atoms with Crippen molar-refractivity contribution in [3.63, 3.8) is 0 Å². The van der Waals surface area contributed by atoms with Gasteiger partial charge in [0.1, 0.15) is 0 Å². The van der Waals surface area contributed by atoms with Gasteiger partial charge in [0.25, 0.3) is 0 Å². The highest BCUT2D eigenvalue weighted by Gasteiger charge is 2.27. The first kappa shape index (κ1) is 17.3. The van der Waals surface area contributed by atoms with E-state index >= 15 is 0 Å². The smallest absolute Gasteiger partial charge is 0.304 e. The van der Waals surface area contributed by atoms with Crippen LogP contribution < -0.4 is 0 Å². The molecule has 116 valence electrons. The maximum Gasteiger partial charge on any atom is 0.304 e. The van der Waals surface area contributed by atoms with E-state index in [0.717, 1.165) is 4.31 Å². The summed E-state index contributed by atoms with van der Waals surface area (Å²) < 4.78 is 26.2. The van der Waals surface area contributed by atoms with Crippen molar-refractivity contribution >= 4 is 21.8 Å². The number of carboxylic acid groups (broad SMARTS) is 1. The van der Waals surface area contributed by atoms with Gasteiger partial charge in [-0.2, -0.15) is 4.31 Å². The lowest BCUT2D eigenvalue weighted by Gasteiger charge is -2.25. The van der Waals surface area contributed by atoms with Crippen molar-refractivity contribution in [2.75, 3.05) is 6.54 Å². The van der Waals surface area contributed by atoms with Gasteiger partial charge in [-0.05, 0) is 32.9 Å².